The molecule has 0 fully saturated rings. The lowest BCUT2D eigenvalue weighted by Crippen LogP contribution is -2.39. The number of carbonyl (C=O) groups is 1. The molecule has 0 aromatic heterocycles. The van der Waals surface area contributed by atoms with E-state index in [4.69, 9.17) is 4.74 Å². The Morgan fingerprint density at radius 1 is 1.09 bits per heavy atom. The number of benzene rings is 2. The van der Waals surface area contributed by atoms with E-state index in [1.165, 1.54) is 36.4 Å². The van der Waals surface area contributed by atoms with Gasteiger partial charge in [0.15, 0.2) is 0 Å². The van der Waals surface area contributed by atoms with Crippen molar-refractivity contribution in [3.63, 3.8) is 0 Å². The minimum atomic E-state index is -0.660. The Hall–Kier alpha value is -2.60. The van der Waals surface area contributed by atoms with Gasteiger partial charge >= 0.3 is 6.09 Å². The van der Waals surface area contributed by atoms with Crippen LogP contribution in [-0.2, 0) is 17.8 Å². The highest BCUT2D eigenvalue weighted by molar-refractivity contribution is 5.67. The van der Waals surface area contributed by atoms with Crippen molar-refractivity contribution in [2.24, 2.45) is 0 Å². The number of ether oxygens (including phenoxy) is 1. The van der Waals surface area contributed by atoms with Crippen LogP contribution in [0.25, 0.3) is 0 Å². The average molecular weight is 319 g/mol. The molecule has 2 aromatic carbocycles. The maximum Gasteiger partial charge on any atom is 0.407 e. The van der Waals surface area contributed by atoms with Crippen molar-refractivity contribution in [1.29, 1.82) is 0 Å². The van der Waals surface area contributed by atoms with Gasteiger partial charge in [-0.05, 0) is 41.8 Å². The second-order valence-corrected chi connectivity index (χ2v) is 5.10. The lowest BCUT2D eigenvalue weighted by atomic mass is 10.1. The molecule has 0 spiro atoms. The van der Waals surface area contributed by atoms with Gasteiger partial charge in [0.1, 0.15) is 18.2 Å². The third-order valence-corrected chi connectivity index (χ3v) is 3.24. The maximum absolute atomic E-state index is 12.8. The molecule has 5 nitrogen and oxygen atoms in total. The predicted octanol–water partition coefficient (Wildman–Crippen LogP) is 2.36. The van der Waals surface area contributed by atoms with Crippen LogP contribution in [-0.4, -0.2) is 29.0 Å². The maximum atomic E-state index is 12.8. The molecule has 1 amide bonds. The number of phenolic OH excluding ortho intramolecular Hbond substituents is 1. The number of aliphatic hydroxyl groups excluding tert-OH is 1. The summed E-state index contributed by atoms with van der Waals surface area (Å²) in [5, 5.41) is 21.1. The van der Waals surface area contributed by atoms with E-state index in [1.807, 2.05) is 0 Å². The first kappa shape index (κ1) is 16.8. The first-order valence-electron chi connectivity index (χ1n) is 7.13. The van der Waals surface area contributed by atoms with E-state index in [2.05, 4.69) is 5.32 Å². The fourth-order valence-corrected chi connectivity index (χ4v) is 2.02. The Labute approximate surface area is 133 Å². The monoisotopic (exact) mass is 319 g/mol. The third-order valence-electron chi connectivity index (χ3n) is 3.24. The number of hydrogen-bond acceptors (Lipinski definition) is 4. The van der Waals surface area contributed by atoms with Crippen molar-refractivity contribution in [2.45, 2.75) is 19.1 Å². The normalized spacial score (nSPS) is 11.7. The first-order chi connectivity index (χ1) is 11.1. The van der Waals surface area contributed by atoms with Crippen LogP contribution >= 0.6 is 0 Å². The molecule has 2 rings (SSSR count). The Morgan fingerprint density at radius 2 is 1.70 bits per heavy atom. The number of aliphatic hydroxyl groups is 1. The summed E-state index contributed by atoms with van der Waals surface area (Å²) in [4.78, 5) is 11.7. The standard InChI is InChI=1S/C17H18FNO4/c18-14-5-1-13(2-6-14)11-23-17(22)19-15(10-20)9-12-3-7-16(21)8-4-12/h1-8,15,20-21H,9-11H2,(H,19,22). The van der Waals surface area contributed by atoms with Crippen molar-refractivity contribution in [2.75, 3.05) is 6.61 Å². The zero-order valence-electron chi connectivity index (χ0n) is 12.4. The number of halogens is 1. The largest absolute Gasteiger partial charge is 0.508 e. The lowest BCUT2D eigenvalue weighted by molar-refractivity contribution is 0.129. The molecule has 0 saturated carbocycles. The second-order valence-electron chi connectivity index (χ2n) is 5.10. The number of rotatable bonds is 6. The highest BCUT2D eigenvalue weighted by Crippen LogP contribution is 2.11. The van der Waals surface area contributed by atoms with Crippen molar-refractivity contribution in [3.05, 3.63) is 65.5 Å². The van der Waals surface area contributed by atoms with Gasteiger partial charge in [-0.3, -0.25) is 0 Å². The molecular formula is C17H18FNO4. The minimum Gasteiger partial charge on any atom is -0.508 e. The highest BCUT2D eigenvalue weighted by atomic mass is 19.1. The molecule has 2 aromatic rings. The third kappa shape index (κ3) is 5.60. The molecule has 0 heterocycles. The summed E-state index contributed by atoms with van der Waals surface area (Å²) >= 11 is 0. The number of phenols is 1. The van der Waals surface area contributed by atoms with Crippen LogP contribution in [0.1, 0.15) is 11.1 Å². The van der Waals surface area contributed by atoms with Crippen molar-refractivity contribution in [1.82, 2.24) is 5.32 Å². The molecule has 0 saturated heterocycles. The summed E-state index contributed by atoms with van der Waals surface area (Å²) in [7, 11) is 0. The summed E-state index contributed by atoms with van der Waals surface area (Å²) < 4.78 is 17.8. The number of amides is 1. The van der Waals surface area contributed by atoms with E-state index < -0.39 is 12.1 Å². The Balaban J connectivity index is 1.82. The number of aromatic hydroxyl groups is 1. The van der Waals surface area contributed by atoms with Gasteiger partial charge in [-0.15, -0.1) is 0 Å². The number of alkyl carbamates (subject to hydrolysis) is 1. The second kappa shape index (κ2) is 8.14. The van der Waals surface area contributed by atoms with Gasteiger partial charge < -0.3 is 20.3 Å². The van der Waals surface area contributed by atoms with E-state index >= 15 is 0 Å². The number of nitrogens with one attached hydrogen (secondary N) is 1. The van der Waals surface area contributed by atoms with Gasteiger partial charge in [-0.1, -0.05) is 24.3 Å². The van der Waals surface area contributed by atoms with Crippen LogP contribution in [0.3, 0.4) is 0 Å². The molecule has 1 atom stereocenters. The van der Waals surface area contributed by atoms with Crippen LogP contribution in [0.15, 0.2) is 48.5 Å². The Morgan fingerprint density at radius 3 is 2.30 bits per heavy atom. The van der Waals surface area contributed by atoms with Crippen molar-refractivity contribution in [3.8, 4) is 5.75 Å². The van der Waals surface area contributed by atoms with Gasteiger partial charge in [-0.25, -0.2) is 9.18 Å². The summed E-state index contributed by atoms with van der Waals surface area (Å²) in [6.45, 7) is -0.226. The molecule has 23 heavy (non-hydrogen) atoms. The van der Waals surface area contributed by atoms with Gasteiger partial charge in [0.25, 0.3) is 0 Å². The number of carbonyl (C=O) groups excluding carboxylic acids is 1. The van der Waals surface area contributed by atoms with Gasteiger partial charge in [0, 0.05) is 0 Å². The summed E-state index contributed by atoms with van der Waals surface area (Å²) in [6.07, 6.45) is -0.255. The summed E-state index contributed by atoms with van der Waals surface area (Å²) in [6, 6.07) is 11.6. The molecule has 0 radical (unpaired) electrons. The zero-order chi connectivity index (χ0) is 16.7. The van der Waals surface area contributed by atoms with Crippen LogP contribution in [0.2, 0.25) is 0 Å². The molecule has 1 unspecified atom stereocenters. The number of hydrogen-bond donors (Lipinski definition) is 3. The van der Waals surface area contributed by atoms with E-state index in [-0.39, 0.29) is 24.8 Å². The smallest absolute Gasteiger partial charge is 0.407 e. The highest BCUT2D eigenvalue weighted by Gasteiger charge is 2.13. The fraction of sp³-hybridized carbons (Fsp3) is 0.235. The van der Waals surface area contributed by atoms with Crippen LogP contribution in [0.4, 0.5) is 9.18 Å². The molecule has 0 aliphatic heterocycles. The molecule has 3 N–H and O–H groups in total. The lowest BCUT2D eigenvalue weighted by Gasteiger charge is -2.16. The first-order valence-corrected chi connectivity index (χ1v) is 7.13. The van der Waals surface area contributed by atoms with E-state index in [1.54, 1.807) is 12.1 Å². The van der Waals surface area contributed by atoms with Crippen LogP contribution in [0.5, 0.6) is 5.75 Å². The summed E-state index contributed by atoms with van der Waals surface area (Å²) in [5.74, 6) is -0.201. The Kier molecular flexibility index (Phi) is 5.94. The van der Waals surface area contributed by atoms with Crippen LogP contribution in [0, 0.1) is 5.82 Å². The Bertz CT molecular complexity index is 628. The molecular weight excluding hydrogens is 301 g/mol. The quantitative estimate of drug-likeness (QED) is 0.764. The summed E-state index contributed by atoms with van der Waals surface area (Å²) in [5.41, 5.74) is 1.53. The SMILES string of the molecule is O=C(NC(CO)Cc1ccc(O)cc1)OCc1ccc(F)cc1. The fourth-order valence-electron chi connectivity index (χ4n) is 2.02. The van der Waals surface area contributed by atoms with Crippen molar-refractivity contribution < 1.29 is 24.1 Å². The minimum absolute atomic E-state index is 0.0173. The van der Waals surface area contributed by atoms with Gasteiger partial charge in [-0.2, -0.15) is 0 Å². The van der Waals surface area contributed by atoms with Gasteiger partial charge in [0.2, 0.25) is 0 Å². The van der Waals surface area contributed by atoms with Gasteiger partial charge in [0.05, 0.1) is 12.6 Å². The van der Waals surface area contributed by atoms with Crippen molar-refractivity contribution >= 4 is 6.09 Å². The van der Waals surface area contributed by atoms with E-state index in [0.29, 0.717) is 12.0 Å². The van der Waals surface area contributed by atoms with E-state index in [0.717, 1.165) is 5.56 Å². The molecule has 0 aliphatic carbocycles. The zero-order valence-corrected chi connectivity index (χ0v) is 12.4. The average Bonchev–Trinajstić information content (AvgIpc) is 2.55. The van der Waals surface area contributed by atoms with Crippen LogP contribution < -0.4 is 5.32 Å². The predicted molar refractivity (Wildman–Crippen MR) is 82.4 cm³/mol. The molecule has 0 bridgehead atoms. The van der Waals surface area contributed by atoms with E-state index in [9.17, 15) is 19.4 Å². The molecule has 0 aliphatic rings. The topological polar surface area (TPSA) is 78.8 Å². The molecule has 6 heteroatoms. The molecule has 122 valence electrons.